The van der Waals surface area contributed by atoms with Gasteiger partial charge in [-0.15, -0.1) is 0 Å². The van der Waals surface area contributed by atoms with Crippen molar-refractivity contribution in [2.24, 2.45) is 0 Å². The van der Waals surface area contributed by atoms with E-state index in [1.54, 1.807) is 6.07 Å². The monoisotopic (exact) mass is 372 g/mol. The quantitative estimate of drug-likeness (QED) is 0.805. The van der Waals surface area contributed by atoms with Crippen LogP contribution in [0.2, 0.25) is 0 Å². The first kappa shape index (κ1) is 19.5. The Hall–Kier alpha value is -2.27. The summed E-state index contributed by atoms with van der Waals surface area (Å²) in [4.78, 5) is 16.7. The highest BCUT2D eigenvalue weighted by atomic mass is 19.2. The minimum atomic E-state index is -0.827. The summed E-state index contributed by atoms with van der Waals surface area (Å²) >= 11 is 0. The highest BCUT2D eigenvalue weighted by molar-refractivity contribution is 5.94. The molecule has 0 atom stereocenters. The first-order chi connectivity index (χ1) is 12.7. The Kier molecular flexibility index (Phi) is 5.61. The summed E-state index contributed by atoms with van der Waals surface area (Å²) in [6.45, 7) is 9.68. The lowest BCUT2D eigenvalue weighted by Crippen LogP contribution is -2.48. The fraction of sp³-hybridized carbons (Fsp3) is 0.409. The topological polar surface area (TPSA) is 23.6 Å². The molecule has 0 aliphatic carbocycles. The molecule has 1 heterocycles. The number of benzene rings is 2. The molecule has 3 rings (SSSR count). The molecule has 2 aromatic carbocycles. The van der Waals surface area contributed by atoms with Crippen LogP contribution >= 0.6 is 0 Å². The van der Waals surface area contributed by atoms with Crippen LogP contribution < -0.4 is 0 Å². The molecule has 0 spiro atoms. The summed E-state index contributed by atoms with van der Waals surface area (Å²) in [5.41, 5.74) is 2.71. The predicted octanol–water partition coefficient (Wildman–Crippen LogP) is 4.22. The molecule has 0 bridgehead atoms. The van der Waals surface area contributed by atoms with Crippen LogP contribution in [0.1, 0.15) is 42.3 Å². The van der Waals surface area contributed by atoms with E-state index >= 15 is 0 Å². The van der Waals surface area contributed by atoms with Crippen LogP contribution in [0.25, 0.3) is 0 Å². The van der Waals surface area contributed by atoms with Gasteiger partial charge in [0.25, 0.3) is 5.91 Å². The number of piperazine rings is 1. The van der Waals surface area contributed by atoms with Gasteiger partial charge in [-0.1, -0.05) is 39.0 Å². The maximum absolute atomic E-state index is 13.3. The average molecular weight is 372 g/mol. The Labute approximate surface area is 159 Å². The van der Waals surface area contributed by atoms with Crippen LogP contribution in [0, 0.1) is 11.6 Å². The molecule has 2 aromatic rings. The second-order valence-electron chi connectivity index (χ2n) is 8.14. The van der Waals surface area contributed by atoms with Gasteiger partial charge in [0.2, 0.25) is 0 Å². The lowest BCUT2D eigenvalue weighted by atomic mass is 9.86. The zero-order valence-electron chi connectivity index (χ0n) is 16.1. The van der Waals surface area contributed by atoms with E-state index in [0.717, 1.165) is 11.6 Å². The minimum Gasteiger partial charge on any atom is -0.336 e. The molecule has 144 valence electrons. The smallest absolute Gasteiger partial charge is 0.253 e. The van der Waals surface area contributed by atoms with Crippen LogP contribution in [0.15, 0.2) is 42.5 Å². The third kappa shape index (κ3) is 4.72. The van der Waals surface area contributed by atoms with Crippen molar-refractivity contribution in [3.05, 3.63) is 70.8 Å². The van der Waals surface area contributed by atoms with Crippen molar-refractivity contribution in [3.63, 3.8) is 0 Å². The molecule has 5 heteroatoms. The van der Waals surface area contributed by atoms with Gasteiger partial charge in [0.1, 0.15) is 0 Å². The molecule has 0 N–H and O–H groups in total. The van der Waals surface area contributed by atoms with E-state index in [0.29, 0.717) is 38.3 Å². The van der Waals surface area contributed by atoms with Crippen LogP contribution in [-0.2, 0) is 12.0 Å². The molecule has 0 aromatic heterocycles. The zero-order valence-corrected chi connectivity index (χ0v) is 16.1. The van der Waals surface area contributed by atoms with Gasteiger partial charge in [-0.2, -0.15) is 0 Å². The van der Waals surface area contributed by atoms with Crippen molar-refractivity contribution >= 4 is 5.91 Å². The van der Waals surface area contributed by atoms with Gasteiger partial charge in [0.05, 0.1) is 0 Å². The van der Waals surface area contributed by atoms with E-state index in [2.05, 4.69) is 25.7 Å². The first-order valence-electron chi connectivity index (χ1n) is 9.30. The molecule has 1 aliphatic rings. The van der Waals surface area contributed by atoms with Crippen molar-refractivity contribution in [2.45, 2.75) is 32.7 Å². The zero-order chi connectivity index (χ0) is 19.6. The van der Waals surface area contributed by atoms with Gasteiger partial charge in [0.15, 0.2) is 11.6 Å². The summed E-state index contributed by atoms with van der Waals surface area (Å²) in [5, 5.41) is 0. The highest BCUT2D eigenvalue weighted by Crippen LogP contribution is 2.23. The van der Waals surface area contributed by atoms with E-state index in [1.807, 2.05) is 29.2 Å². The third-order valence-corrected chi connectivity index (χ3v) is 5.05. The van der Waals surface area contributed by atoms with Gasteiger partial charge >= 0.3 is 0 Å². The van der Waals surface area contributed by atoms with Gasteiger partial charge in [-0.3, -0.25) is 9.69 Å². The molecule has 0 unspecified atom stereocenters. The van der Waals surface area contributed by atoms with E-state index in [4.69, 9.17) is 0 Å². The first-order valence-corrected chi connectivity index (χ1v) is 9.30. The average Bonchev–Trinajstić information content (AvgIpc) is 2.64. The maximum atomic E-state index is 13.3. The Bertz CT molecular complexity index is 804. The fourth-order valence-electron chi connectivity index (χ4n) is 3.30. The van der Waals surface area contributed by atoms with Gasteiger partial charge in [-0.05, 0) is 40.8 Å². The highest BCUT2D eigenvalue weighted by Gasteiger charge is 2.23. The third-order valence-electron chi connectivity index (χ3n) is 5.05. The molecule has 1 saturated heterocycles. The number of carbonyl (C=O) groups excluding carboxylic acids is 1. The van der Waals surface area contributed by atoms with Crippen LogP contribution in [0.5, 0.6) is 0 Å². The molecule has 1 fully saturated rings. The molecular weight excluding hydrogens is 346 g/mol. The van der Waals surface area contributed by atoms with Gasteiger partial charge in [0, 0.05) is 38.3 Å². The lowest BCUT2D eigenvalue weighted by molar-refractivity contribution is 0.0628. The van der Waals surface area contributed by atoms with Gasteiger partial charge in [-0.25, -0.2) is 8.78 Å². The number of rotatable bonds is 3. The second kappa shape index (κ2) is 7.77. The molecule has 3 nitrogen and oxygen atoms in total. The second-order valence-corrected chi connectivity index (χ2v) is 8.14. The molecule has 0 radical (unpaired) electrons. The van der Waals surface area contributed by atoms with Crippen molar-refractivity contribution < 1.29 is 13.6 Å². The van der Waals surface area contributed by atoms with Crippen LogP contribution in [0.3, 0.4) is 0 Å². The number of hydrogen-bond donors (Lipinski definition) is 0. The number of carbonyl (C=O) groups is 1. The molecular formula is C22H26F2N2O. The summed E-state index contributed by atoms with van der Waals surface area (Å²) in [5.74, 6) is -1.60. The maximum Gasteiger partial charge on any atom is 0.253 e. The lowest BCUT2D eigenvalue weighted by Gasteiger charge is -2.35. The van der Waals surface area contributed by atoms with Crippen molar-refractivity contribution in [3.8, 4) is 0 Å². The largest absolute Gasteiger partial charge is 0.336 e. The van der Waals surface area contributed by atoms with E-state index < -0.39 is 11.6 Å². The van der Waals surface area contributed by atoms with E-state index in [1.165, 1.54) is 11.6 Å². The number of nitrogens with zero attached hydrogens (tertiary/aromatic N) is 2. The van der Waals surface area contributed by atoms with Crippen molar-refractivity contribution in [1.29, 1.82) is 0 Å². The SMILES string of the molecule is CC(C)(C)c1ccc(C(=O)N2CCN(Cc3ccc(F)c(F)c3)CC2)cc1. The van der Waals surface area contributed by atoms with Crippen molar-refractivity contribution in [2.75, 3.05) is 26.2 Å². The summed E-state index contributed by atoms with van der Waals surface area (Å²) in [7, 11) is 0. The number of amides is 1. The molecule has 27 heavy (non-hydrogen) atoms. The van der Waals surface area contributed by atoms with E-state index in [9.17, 15) is 13.6 Å². The van der Waals surface area contributed by atoms with E-state index in [-0.39, 0.29) is 11.3 Å². The van der Waals surface area contributed by atoms with Crippen molar-refractivity contribution in [1.82, 2.24) is 9.80 Å². The Morgan fingerprint density at radius 3 is 2.11 bits per heavy atom. The molecule has 1 amide bonds. The summed E-state index contributed by atoms with van der Waals surface area (Å²) in [6.07, 6.45) is 0. The summed E-state index contributed by atoms with van der Waals surface area (Å²) < 4.78 is 26.4. The Morgan fingerprint density at radius 1 is 0.926 bits per heavy atom. The number of halogens is 2. The Morgan fingerprint density at radius 2 is 1.56 bits per heavy atom. The fourth-order valence-corrected chi connectivity index (χ4v) is 3.30. The molecule has 1 aliphatic heterocycles. The summed E-state index contributed by atoms with van der Waals surface area (Å²) in [6, 6.07) is 11.8. The van der Waals surface area contributed by atoms with Gasteiger partial charge < -0.3 is 4.90 Å². The normalized spacial score (nSPS) is 15.8. The number of hydrogen-bond acceptors (Lipinski definition) is 2. The minimum absolute atomic E-state index is 0.0444. The Balaban J connectivity index is 1.56. The van der Waals surface area contributed by atoms with Crippen LogP contribution in [-0.4, -0.2) is 41.9 Å². The standard InChI is InChI=1S/C22H26F2N2O/c1-22(2,3)18-7-5-17(6-8-18)21(27)26-12-10-25(11-13-26)15-16-4-9-19(23)20(24)14-16/h4-9,14H,10-13,15H2,1-3H3. The van der Waals surface area contributed by atoms with Crippen LogP contribution in [0.4, 0.5) is 8.78 Å². The molecule has 0 saturated carbocycles. The predicted molar refractivity (Wildman–Crippen MR) is 103 cm³/mol.